The second-order valence-electron chi connectivity index (χ2n) is 6.38. The van der Waals surface area contributed by atoms with Gasteiger partial charge in [-0.1, -0.05) is 6.42 Å². The van der Waals surface area contributed by atoms with Crippen molar-refractivity contribution in [1.29, 1.82) is 0 Å². The number of rotatable bonds is 5. The Kier molecular flexibility index (Phi) is 5.60. The first-order valence-electron chi connectivity index (χ1n) is 8.81. The summed E-state index contributed by atoms with van der Waals surface area (Å²) in [4.78, 5) is 23.4. The fraction of sp³-hybridized carbons (Fsp3) is 0.444. The normalized spacial score (nSPS) is 13.6. The summed E-state index contributed by atoms with van der Waals surface area (Å²) in [6.07, 6.45) is 4.88. The molecule has 0 saturated heterocycles. The van der Waals surface area contributed by atoms with Gasteiger partial charge in [-0.05, 0) is 31.0 Å². The van der Waals surface area contributed by atoms with Crippen LogP contribution in [0.5, 0.6) is 0 Å². The number of hydrogen-bond donors (Lipinski definition) is 2. The molecule has 0 radical (unpaired) electrons. The fourth-order valence-electron chi connectivity index (χ4n) is 3.09. The molecular weight excluding hydrogens is 337 g/mol. The van der Waals surface area contributed by atoms with Crippen LogP contribution in [0, 0.1) is 5.82 Å². The number of nitrogens with one attached hydrogen (secondary N) is 2. The van der Waals surface area contributed by atoms with Gasteiger partial charge in [-0.2, -0.15) is 0 Å². The monoisotopic (exact) mass is 359 g/mol. The summed E-state index contributed by atoms with van der Waals surface area (Å²) in [7, 11) is 0. The minimum atomic E-state index is -0.632. The van der Waals surface area contributed by atoms with Crippen LogP contribution in [0.3, 0.4) is 0 Å². The van der Waals surface area contributed by atoms with Crippen molar-refractivity contribution in [3.8, 4) is 0 Å². The first-order valence-corrected chi connectivity index (χ1v) is 8.81. The van der Waals surface area contributed by atoms with E-state index in [4.69, 9.17) is 0 Å². The molecule has 26 heavy (non-hydrogen) atoms. The van der Waals surface area contributed by atoms with Crippen LogP contribution in [0.25, 0.3) is 0 Å². The number of benzene rings is 1. The molecule has 1 aromatic carbocycles. The highest BCUT2D eigenvalue weighted by Crippen LogP contribution is 2.16. The van der Waals surface area contributed by atoms with Gasteiger partial charge in [-0.3, -0.25) is 9.59 Å². The van der Waals surface area contributed by atoms with Crippen LogP contribution < -0.4 is 10.6 Å². The minimum absolute atomic E-state index is 0.101. The SMILES string of the molecule is CC(=O)Nc1ccc(F)c(C(=O)NCCc2nnc3n2CCCCC3)c1. The molecule has 2 amide bonds. The number of carbonyl (C=O) groups excluding carboxylic acids is 2. The number of fused-ring (bicyclic) bond motifs is 1. The van der Waals surface area contributed by atoms with Crippen LogP contribution in [-0.4, -0.2) is 33.1 Å². The van der Waals surface area contributed by atoms with Crippen molar-refractivity contribution in [2.75, 3.05) is 11.9 Å². The van der Waals surface area contributed by atoms with Gasteiger partial charge in [0.25, 0.3) is 5.91 Å². The third-order valence-electron chi connectivity index (χ3n) is 4.35. The topological polar surface area (TPSA) is 88.9 Å². The highest BCUT2D eigenvalue weighted by molar-refractivity contribution is 5.97. The van der Waals surface area contributed by atoms with Gasteiger partial charge in [0.15, 0.2) is 0 Å². The lowest BCUT2D eigenvalue weighted by Gasteiger charge is -2.09. The predicted octanol–water partition coefficient (Wildman–Crippen LogP) is 2.07. The van der Waals surface area contributed by atoms with Gasteiger partial charge in [-0.15, -0.1) is 10.2 Å². The Bertz CT molecular complexity index is 818. The fourth-order valence-corrected chi connectivity index (χ4v) is 3.09. The smallest absolute Gasteiger partial charge is 0.254 e. The van der Waals surface area contributed by atoms with Crippen LogP contribution >= 0.6 is 0 Å². The van der Waals surface area contributed by atoms with Crippen LogP contribution in [-0.2, 0) is 24.2 Å². The van der Waals surface area contributed by atoms with Gasteiger partial charge < -0.3 is 15.2 Å². The molecule has 0 aliphatic carbocycles. The Hall–Kier alpha value is -2.77. The zero-order valence-corrected chi connectivity index (χ0v) is 14.7. The molecule has 2 heterocycles. The standard InChI is InChI=1S/C18H22FN5O2/c1-12(25)21-13-6-7-15(19)14(11-13)18(26)20-9-8-17-23-22-16-5-3-2-4-10-24(16)17/h6-7,11H,2-5,8-10H2,1H3,(H,20,26)(H,21,25). The number of halogens is 1. The Morgan fingerprint density at radius 1 is 1.23 bits per heavy atom. The van der Waals surface area contributed by atoms with E-state index < -0.39 is 11.7 Å². The van der Waals surface area contributed by atoms with Crippen LogP contribution in [0.15, 0.2) is 18.2 Å². The zero-order valence-electron chi connectivity index (χ0n) is 14.7. The number of hydrogen-bond acceptors (Lipinski definition) is 4. The van der Waals surface area contributed by atoms with E-state index in [0.717, 1.165) is 37.5 Å². The number of aromatic nitrogens is 3. The van der Waals surface area contributed by atoms with Crippen LogP contribution in [0.1, 0.15) is 48.2 Å². The molecule has 0 bridgehead atoms. The number of anilines is 1. The molecule has 3 rings (SSSR count). The summed E-state index contributed by atoms with van der Waals surface area (Å²) in [5.41, 5.74) is 0.281. The average Bonchev–Trinajstić information content (AvgIpc) is 2.83. The summed E-state index contributed by atoms with van der Waals surface area (Å²) >= 11 is 0. The first kappa shape index (κ1) is 18.0. The lowest BCUT2D eigenvalue weighted by Crippen LogP contribution is -2.27. The van der Waals surface area contributed by atoms with E-state index in [1.165, 1.54) is 31.5 Å². The van der Waals surface area contributed by atoms with Crippen molar-refractivity contribution in [2.45, 2.75) is 45.6 Å². The molecule has 7 nitrogen and oxygen atoms in total. The molecule has 0 atom stereocenters. The van der Waals surface area contributed by atoms with E-state index in [1.54, 1.807) is 0 Å². The Balaban J connectivity index is 1.61. The molecule has 1 aromatic heterocycles. The largest absolute Gasteiger partial charge is 0.351 e. The lowest BCUT2D eigenvalue weighted by molar-refractivity contribution is -0.114. The Morgan fingerprint density at radius 3 is 2.88 bits per heavy atom. The number of carbonyl (C=O) groups is 2. The molecule has 0 spiro atoms. The second kappa shape index (κ2) is 8.07. The van der Waals surface area contributed by atoms with Gasteiger partial charge in [0.1, 0.15) is 17.5 Å². The molecule has 0 fully saturated rings. The van der Waals surface area contributed by atoms with E-state index >= 15 is 0 Å². The number of nitrogens with zero attached hydrogens (tertiary/aromatic N) is 3. The lowest BCUT2D eigenvalue weighted by atomic mass is 10.1. The molecule has 1 aliphatic heterocycles. The Labute approximate surface area is 151 Å². The van der Waals surface area contributed by atoms with E-state index in [1.807, 2.05) is 0 Å². The molecule has 0 saturated carbocycles. The summed E-state index contributed by atoms with van der Waals surface area (Å²) in [5, 5.41) is 13.7. The highest BCUT2D eigenvalue weighted by Gasteiger charge is 2.16. The van der Waals surface area contributed by atoms with E-state index in [2.05, 4.69) is 25.4 Å². The van der Waals surface area contributed by atoms with E-state index in [-0.39, 0.29) is 11.5 Å². The maximum absolute atomic E-state index is 13.9. The van der Waals surface area contributed by atoms with Crippen molar-refractivity contribution in [1.82, 2.24) is 20.1 Å². The van der Waals surface area contributed by atoms with Crippen molar-refractivity contribution in [3.63, 3.8) is 0 Å². The van der Waals surface area contributed by atoms with Gasteiger partial charge in [-0.25, -0.2) is 4.39 Å². The van der Waals surface area contributed by atoms with Gasteiger partial charge >= 0.3 is 0 Å². The average molecular weight is 359 g/mol. The highest BCUT2D eigenvalue weighted by atomic mass is 19.1. The minimum Gasteiger partial charge on any atom is -0.351 e. The maximum Gasteiger partial charge on any atom is 0.254 e. The third-order valence-corrected chi connectivity index (χ3v) is 4.35. The third kappa shape index (κ3) is 4.25. The van der Waals surface area contributed by atoms with Crippen molar-refractivity contribution in [3.05, 3.63) is 41.2 Å². The van der Waals surface area contributed by atoms with Crippen molar-refractivity contribution < 1.29 is 14.0 Å². The van der Waals surface area contributed by atoms with Crippen molar-refractivity contribution >= 4 is 17.5 Å². The molecule has 138 valence electrons. The van der Waals surface area contributed by atoms with Gasteiger partial charge in [0.2, 0.25) is 5.91 Å². The Morgan fingerprint density at radius 2 is 2.08 bits per heavy atom. The summed E-state index contributed by atoms with van der Waals surface area (Å²) in [6.45, 7) is 2.59. The summed E-state index contributed by atoms with van der Waals surface area (Å²) in [5.74, 6) is 0.404. The van der Waals surface area contributed by atoms with Gasteiger partial charge in [0.05, 0.1) is 5.56 Å². The molecular formula is C18H22FN5O2. The first-order chi connectivity index (χ1) is 12.5. The molecule has 0 unspecified atom stereocenters. The molecule has 2 N–H and O–H groups in total. The maximum atomic E-state index is 13.9. The molecule has 1 aliphatic rings. The van der Waals surface area contributed by atoms with E-state index in [9.17, 15) is 14.0 Å². The summed E-state index contributed by atoms with van der Waals surface area (Å²) in [6, 6.07) is 3.91. The van der Waals surface area contributed by atoms with Gasteiger partial charge in [0, 0.05) is 38.5 Å². The number of amides is 2. The predicted molar refractivity (Wildman–Crippen MR) is 94.3 cm³/mol. The van der Waals surface area contributed by atoms with Crippen molar-refractivity contribution in [2.24, 2.45) is 0 Å². The molecule has 2 aromatic rings. The zero-order chi connectivity index (χ0) is 18.5. The molecule has 8 heteroatoms. The van der Waals surface area contributed by atoms with Crippen LogP contribution in [0.2, 0.25) is 0 Å². The quantitative estimate of drug-likeness (QED) is 0.855. The summed E-state index contributed by atoms with van der Waals surface area (Å²) < 4.78 is 16.1. The number of aryl methyl sites for hydroxylation is 1. The second-order valence-corrected chi connectivity index (χ2v) is 6.38. The van der Waals surface area contributed by atoms with Crippen LogP contribution in [0.4, 0.5) is 10.1 Å². The van der Waals surface area contributed by atoms with E-state index in [0.29, 0.717) is 18.7 Å².